The van der Waals surface area contributed by atoms with E-state index in [1.807, 2.05) is 48.5 Å². The minimum atomic E-state index is -0.965. The number of fused-ring (bicyclic) bond motifs is 1. The second-order valence-corrected chi connectivity index (χ2v) is 8.36. The summed E-state index contributed by atoms with van der Waals surface area (Å²) in [6.45, 7) is 0.396. The van der Waals surface area contributed by atoms with E-state index in [1.165, 1.54) is 0 Å². The monoisotopic (exact) mass is 510 g/mol. The van der Waals surface area contributed by atoms with Crippen LogP contribution in [0.15, 0.2) is 57.5 Å². The molecule has 0 radical (unpaired) electrons. The van der Waals surface area contributed by atoms with Gasteiger partial charge in [0, 0.05) is 8.95 Å². The van der Waals surface area contributed by atoms with E-state index in [0.29, 0.717) is 0 Å². The molecule has 6 nitrogen and oxygen atoms in total. The molecule has 2 heterocycles. The third-order valence-electron chi connectivity index (χ3n) is 4.53. The third-order valence-corrected chi connectivity index (χ3v) is 5.51. The van der Waals surface area contributed by atoms with Gasteiger partial charge in [-0.2, -0.15) is 0 Å². The van der Waals surface area contributed by atoms with Gasteiger partial charge in [-0.1, -0.05) is 56.1 Å². The van der Waals surface area contributed by atoms with Crippen LogP contribution in [0, 0.1) is 0 Å². The number of halogens is 2. The fourth-order valence-electron chi connectivity index (χ4n) is 3.22. The zero-order chi connectivity index (χ0) is 19.7. The molecule has 0 bridgehead atoms. The molecule has 0 amide bonds. The Labute approximate surface area is 178 Å². The Morgan fingerprint density at radius 1 is 0.750 bits per heavy atom. The van der Waals surface area contributed by atoms with E-state index in [1.54, 1.807) is 0 Å². The number of hydrogen-bond donors (Lipinski definition) is 0. The largest absolute Gasteiger partial charge is 0.453 e. The second kappa shape index (κ2) is 8.32. The molecule has 28 heavy (non-hydrogen) atoms. The van der Waals surface area contributed by atoms with Gasteiger partial charge in [0.15, 0.2) is 24.4 Å². The number of benzene rings is 2. The van der Waals surface area contributed by atoms with Crippen LogP contribution in [-0.2, 0) is 41.8 Å². The van der Waals surface area contributed by atoms with Crippen LogP contribution in [0.2, 0.25) is 0 Å². The lowest BCUT2D eigenvalue weighted by molar-refractivity contribution is -0.165. The van der Waals surface area contributed by atoms with Gasteiger partial charge in [0.25, 0.3) is 0 Å². The fourth-order valence-corrected chi connectivity index (χ4v) is 4.12. The van der Waals surface area contributed by atoms with Gasteiger partial charge in [-0.3, -0.25) is 0 Å². The minimum absolute atomic E-state index is 0.198. The number of ether oxygens (including phenoxy) is 4. The molecule has 2 aliphatic rings. The van der Waals surface area contributed by atoms with Crippen LogP contribution in [0.3, 0.4) is 0 Å². The zero-order valence-corrected chi connectivity index (χ0v) is 17.7. The summed E-state index contributed by atoms with van der Waals surface area (Å²) in [4.78, 5) is 24.5. The SMILES string of the molecule is O=C1O[C@@H]2[C@@H](OC(=O)[C@@H]2OCc2cccc(Br)c2)[C@H]1OCc1cccc(Br)c1. The maximum absolute atomic E-state index is 12.2. The number of carbonyl (C=O) groups excluding carboxylic acids is 2. The second-order valence-electron chi connectivity index (χ2n) is 6.53. The predicted octanol–water partition coefficient (Wildman–Crippen LogP) is 3.53. The van der Waals surface area contributed by atoms with Gasteiger partial charge in [0.2, 0.25) is 0 Å². The van der Waals surface area contributed by atoms with Crippen molar-refractivity contribution in [2.24, 2.45) is 0 Å². The minimum Gasteiger partial charge on any atom is -0.453 e. The van der Waals surface area contributed by atoms with Gasteiger partial charge >= 0.3 is 11.9 Å². The Kier molecular flexibility index (Phi) is 5.82. The molecule has 2 aromatic carbocycles. The third kappa shape index (κ3) is 4.15. The van der Waals surface area contributed by atoms with Crippen molar-refractivity contribution in [2.45, 2.75) is 37.6 Å². The first-order chi connectivity index (χ1) is 13.5. The van der Waals surface area contributed by atoms with Crippen molar-refractivity contribution in [2.75, 3.05) is 0 Å². The van der Waals surface area contributed by atoms with Crippen LogP contribution in [-0.4, -0.2) is 36.4 Å². The predicted molar refractivity (Wildman–Crippen MR) is 105 cm³/mol. The van der Waals surface area contributed by atoms with E-state index >= 15 is 0 Å². The molecular weight excluding hydrogens is 496 g/mol. The molecular formula is C20H16Br2O6. The highest BCUT2D eigenvalue weighted by Crippen LogP contribution is 2.33. The molecule has 0 saturated carbocycles. The van der Waals surface area contributed by atoms with Crippen LogP contribution in [0.1, 0.15) is 11.1 Å². The molecule has 2 aromatic rings. The summed E-state index contributed by atoms with van der Waals surface area (Å²) in [6, 6.07) is 15.1. The van der Waals surface area contributed by atoms with E-state index in [2.05, 4.69) is 31.9 Å². The molecule has 0 aliphatic carbocycles. The molecule has 2 aliphatic heterocycles. The first-order valence-corrected chi connectivity index (χ1v) is 10.2. The van der Waals surface area contributed by atoms with E-state index in [0.717, 1.165) is 20.1 Å². The topological polar surface area (TPSA) is 71.1 Å². The van der Waals surface area contributed by atoms with E-state index in [-0.39, 0.29) is 13.2 Å². The lowest BCUT2D eigenvalue weighted by Gasteiger charge is -2.14. The average molecular weight is 512 g/mol. The molecule has 146 valence electrons. The van der Waals surface area contributed by atoms with Crippen molar-refractivity contribution < 1.29 is 28.5 Å². The first kappa shape index (κ1) is 19.6. The highest BCUT2D eigenvalue weighted by atomic mass is 79.9. The normalized spacial score (nSPS) is 26.1. The van der Waals surface area contributed by atoms with Crippen molar-refractivity contribution in [1.29, 1.82) is 0 Å². The summed E-state index contributed by atoms with van der Waals surface area (Å²) < 4.78 is 23.9. The average Bonchev–Trinajstić information content (AvgIpc) is 3.11. The summed E-state index contributed by atoms with van der Waals surface area (Å²) in [5.74, 6) is -1.10. The standard InChI is InChI=1S/C20H16Br2O6/c21-13-5-1-3-11(7-13)9-25-17-15-16(28-19(17)23)18(20(24)27-15)26-10-12-4-2-6-14(22)8-12/h1-8,15-18H,9-10H2/t15-,16-,17-,18-/m1/s1. The quantitative estimate of drug-likeness (QED) is 0.552. The Morgan fingerprint density at radius 3 is 1.57 bits per heavy atom. The number of esters is 2. The Hall–Kier alpha value is -1.74. The van der Waals surface area contributed by atoms with Gasteiger partial charge in [0.1, 0.15) is 0 Å². The summed E-state index contributed by atoms with van der Waals surface area (Å²) in [7, 11) is 0. The Bertz CT molecular complexity index is 828. The lowest BCUT2D eigenvalue weighted by Crippen LogP contribution is -2.34. The molecule has 2 fully saturated rings. The molecule has 2 saturated heterocycles. The molecule has 4 atom stereocenters. The summed E-state index contributed by atoms with van der Waals surface area (Å²) >= 11 is 6.79. The lowest BCUT2D eigenvalue weighted by atomic mass is 10.1. The maximum Gasteiger partial charge on any atom is 0.339 e. The fraction of sp³-hybridized carbons (Fsp3) is 0.300. The molecule has 0 aromatic heterocycles. The van der Waals surface area contributed by atoms with E-state index in [4.69, 9.17) is 18.9 Å². The smallest absolute Gasteiger partial charge is 0.339 e. The van der Waals surface area contributed by atoms with Gasteiger partial charge in [-0.05, 0) is 35.4 Å². The highest BCUT2D eigenvalue weighted by Gasteiger charge is 2.59. The van der Waals surface area contributed by atoms with E-state index < -0.39 is 36.4 Å². The van der Waals surface area contributed by atoms with Gasteiger partial charge < -0.3 is 18.9 Å². The zero-order valence-electron chi connectivity index (χ0n) is 14.5. The molecule has 8 heteroatoms. The maximum atomic E-state index is 12.2. The van der Waals surface area contributed by atoms with Crippen molar-refractivity contribution in [3.63, 3.8) is 0 Å². The highest BCUT2D eigenvalue weighted by molar-refractivity contribution is 9.10. The number of rotatable bonds is 6. The van der Waals surface area contributed by atoms with Crippen LogP contribution >= 0.6 is 31.9 Å². The Balaban J connectivity index is 1.39. The molecule has 0 N–H and O–H groups in total. The number of hydrogen-bond acceptors (Lipinski definition) is 6. The first-order valence-electron chi connectivity index (χ1n) is 8.64. The van der Waals surface area contributed by atoms with Crippen LogP contribution < -0.4 is 0 Å². The Morgan fingerprint density at radius 2 is 1.18 bits per heavy atom. The summed E-state index contributed by atoms with van der Waals surface area (Å²) in [5, 5.41) is 0. The van der Waals surface area contributed by atoms with E-state index in [9.17, 15) is 9.59 Å². The molecule has 0 spiro atoms. The van der Waals surface area contributed by atoms with Gasteiger partial charge in [0.05, 0.1) is 13.2 Å². The molecule has 0 unspecified atom stereocenters. The van der Waals surface area contributed by atoms with Crippen molar-refractivity contribution in [3.05, 3.63) is 68.6 Å². The van der Waals surface area contributed by atoms with Crippen molar-refractivity contribution in [3.8, 4) is 0 Å². The van der Waals surface area contributed by atoms with Gasteiger partial charge in [-0.25, -0.2) is 9.59 Å². The number of carbonyl (C=O) groups is 2. The van der Waals surface area contributed by atoms with Crippen LogP contribution in [0.4, 0.5) is 0 Å². The summed E-state index contributed by atoms with van der Waals surface area (Å²) in [5.41, 5.74) is 1.77. The summed E-state index contributed by atoms with van der Waals surface area (Å²) in [6.07, 6.45) is -3.54. The van der Waals surface area contributed by atoms with Crippen LogP contribution in [0.25, 0.3) is 0 Å². The van der Waals surface area contributed by atoms with Crippen molar-refractivity contribution in [1.82, 2.24) is 0 Å². The van der Waals surface area contributed by atoms with Crippen molar-refractivity contribution >= 4 is 43.8 Å². The van der Waals surface area contributed by atoms with Gasteiger partial charge in [-0.15, -0.1) is 0 Å². The molecule has 4 rings (SSSR count). The van der Waals surface area contributed by atoms with Crippen LogP contribution in [0.5, 0.6) is 0 Å².